The number of benzene rings is 2. The van der Waals surface area contributed by atoms with Crippen LogP contribution >= 0.6 is 23.4 Å². The zero-order valence-corrected chi connectivity index (χ0v) is 36.3. The van der Waals surface area contributed by atoms with E-state index >= 15 is 0 Å². The largest absolute Gasteiger partial charge is 0.402 e. The maximum absolute atomic E-state index is 14.6. The molecule has 4 rings (SSSR count). The zero-order valence-electron chi connectivity index (χ0n) is 34.8. The molecule has 2 aromatic carbocycles. The van der Waals surface area contributed by atoms with Gasteiger partial charge in [-0.2, -0.15) is 11.8 Å². The molecule has 0 spiro atoms. The van der Waals surface area contributed by atoms with E-state index < -0.39 is 54.2 Å². The summed E-state index contributed by atoms with van der Waals surface area (Å²) in [6.07, 6.45) is 2.81. The third-order valence-corrected chi connectivity index (χ3v) is 13.1. The number of fused-ring (bicyclic) bond motifs is 1. The second-order valence-corrected chi connectivity index (χ2v) is 18.7. The van der Waals surface area contributed by atoms with Gasteiger partial charge in [0, 0.05) is 75.6 Å². The van der Waals surface area contributed by atoms with E-state index in [1.165, 1.54) is 31.9 Å². The number of allylic oxidation sites excluding steroid dienone is 5. The molecule has 1 aliphatic heterocycles. The predicted octanol–water partition coefficient (Wildman–Crippen LogP) is 11.1. The van der Waals surface area contributed by atoms with Crippen LogP contribution in [0.3, 0.4) is 0 Å². The highest BCUT2D eigenvalue weighted by atomic mass is 35.5. The van der Waals surface area contributed by atoms with Crippen molar-refractivity contribution in [3.63, 3.8) is 0 Å². The molecule has 1 fully saturated rings. The predicted molar refractivity (Wildman–Crippen MR) is 230 cm³/mol. The Hall–Kier alpha value is -3.26. The molecule has 6 N–H and O–H groups in total. The number of rotatable bonds is 22. The molecule has 1 heterocycles. The minimum Gasteiger partial charge on any atom is -0.402 e. The fourth-order valence-electron chi connectivity index (χ4n) is 7.41. The summed E-state index contributed by atoms with van der Waals surface area (Å²) < 4.78 is 86.0. The van der Waals surface area contributed by atoms with Crippen LogP contribution in [0.25, 0.3) is 5.57 Å². The van der Waals surface area contributed by atoms with Crippen molar-refractivity contribution in [2.75, 3.05) is 25.6 Å². The smallest absolute Gasteiger partial charge is 0.277 e. The van der Waals surface area contributed by atoms with Gasteiger partial charge in [-0.25, -0.2) is 31.4 Å². The van der Waals surface area contributed by atoms with Crippen molar-refractivity contribution >= 4 is 34.6 Å². The SMILES string of the molecule is C=C(CN/C(=C(/CCCC)C(C)C(F)F)C(F)F)N[C@@H](Cc1cc(F)cc(F)c1)C(C)/C(=C\C=C(/N)CCC(C)(C)SC1CC1)c1ccc(Cl)c2c1N(C)N(C)C2N. The van der Waals surface area contributed by atoms with Gasteiger partial charge in [-0.3, -0.25) is 0 Å². The highest BCUT2D eigenvalue weighted by molar-refractivity contribution is 8.01. The molecular formula is C44H61ClF6N6S. The molecule has 0 radical (unpaired) electrons. The molecule has 0 aromatic heterocycles. The Morgan fingerprint density at radius 1 is 1.03 bits per heavy atom. The summed E-state index contributed by atoms with van der Waals surface area (Å²) in [4.78, 5) is 0. The van der Waals surface area contributed by atoms with Crippen molar-refractivity contribution in [2.45, 2.75) is 121 Å². The Balaban J connectivity index is 1.77. The van der Waals surface area contributed by atoms with E-state index in [0.29, 0.717) is 40.8 Å². The lowest BCUT2D eigenvalue weighted by Crippen LogP contribution is -2.40. The molecular weight excluding hydrogens is 794 g/mol. The first kappa shape index (κ1) is 47.4. The van der Waals surface area contributed by atoms with Gasteiger partial charge in [0.25, 0.3) is 6.43 Å². The second kappa shape index (κ2) is 20.8. The molecule has 58 heavy (non-hydrogen) atoms. The molecule has 2 aliphatic rings. The summed E-state index contributed by atoms with van der Waals surface area (Å²) in [7, 11) is 3.74. The monoisotopic (exact) mass is 854 g/mol. The van der Waals surface area contributed by atoms with Gasteiger partial charge < -0.3 is 27.1 Å². The maximum atomic E-state index is 14.6. The van der Waals surface area contributed by atoms with Crippen LogP contribution in [-0.2, 0) is 6.42 Å². The average Bonchev–Trinajstić information content (AvgIpc) is 3.92. The van der Waals surface area contributed by atoms with Crippen LogP contribution in [0.2, 0.25) is 5.02 Å². The molecule has 0 saturated heterocycles. The third-order valence-electron chi connectivity index (χ3n) is 11.1. The van der Waals surface area contributed by atoms with E-state index in [-0.39, 0.29) is 35.4 Å². The van der Waals surface area contributed by atoms with Gasteiger partial charge in [0.15, 0.2) is 0 Å². The van der Waals surface area contributed by atoms with Crippen LogP contribution in [0.15, 0.2) is 71.7 Å². The first-order valence-corrected chi connectivity index (χ1v) is 21.3. The van der Waals surface area contributed by atoms with Crippen molar-refractivity contribution in [1.82, 2.24) is 15.6 Å². The lowest BCUT2D eigenvalue weighted by Gasteiger charge is -2.32. The molecule has 3 unspecified atom stereocenters. The fourth-order valence-corrected chi connectivity index (χ4v) is 9.17. The number of nitrogens with two attached hydrogens (primary N) is 2. The van der Waals surface area contributed by atoms with E-state index in [2.05, 4.69) is 31.1 Å². The fraction of sp³-hybridized carbons (Fsp3) is 0.545. The van der Waals surface area contributed by atoms with Gasteiger partial charge in [-0.1, -0.05) is 71.4 Å². The molecule has 1 saturated carbocycles. The highest BCUT2D eigenvalue weighted by Crippen LogP contribution is 2.47. The molecule has 322 valence electrons. The second-order valence-electron chi connectivity index (χ2n) is 16.3. The molecule has 0 amide bonds. The topological polar surface area (TPSA) is 82.6 Å². The normalized spacial score (nSPS) is 18.7. The summed E-state index contributed by atoms with van der Waals surface area (Å²) in [6.45, 7) is 13.4. The zero-order chi connectivity index (χ0) is 43.1. The number of thioether (sulfide) groups is 1. The third kappa shape index (κ3) is 12.6. The maximum Gasteiger partial charge on any atom is 0.277 e. The molecule has 6 nitrogen and oxygen atoms in total. The molecule has 0 bridgehead atoms. The average molecular weight is 856 g/mol. The van der Waals surface area contributed by atoms with E-state index in [4.69, 9.17) is 23.1 Å². The number of alkyl halides is 4. The van der Waals surface area contributed by atoms with Crippen molar-refractivity contribution in [2.24, 2.45) is 23.3 Å². The van der Waals surface area contributed by atoms with Gasteiger partial charge in [0.1, 0.15) is 17.8 Å². The van der Waals surface area contributed by atoms with Gasteiger partial charge >= 0.3 is 0 Å². The quantitative estimate of drug-likeness (QED) is 0.0694. The molecule has 2 aromatic rings. The standard InChI is InChI=1S/C44H61ClF6N6S/c1-9-10-11-34(27(4)41(48)49)39(42(50)51)54-24-25(2)55-37(22-28-20-29(46)23-30(47)21-28)26(3)33(15-12-31(52)18-19-44(5,6)58-32-13-14-32)35-16-17-36(45)38-40(35)56(7)57(8)43(38)53/h12,15-17,20-21,23,26-27,32,37,41-43,54-55H,2,9-11,13-14,18-19,22,24,52-53H2,1,3-8H3/b31-12-,33-15+,39-34-/t26?,27?,37-,43?/m0/s1. The van der Waals surface area contributed by atoms with Crippen molar-refractivity contribution in [1.29, 1.82) is 0 Å². The number of hydrogen-bond acceptors (Lipinski definition) is 7. The first-order chi connectivity index (χ1) is 27.2. The summed E-state index contributed by atoms with van der Waals surface area (Å²) in [5.41, 5.74) is 17.2. The summed E-state index contributed by atoms with van der Waals surface area (Å²) >= 11 is 8.75. The Bertz CT molecular complexity index is 1810. The van der Waals surface area contributed by atoms with E-state index in [0.717, 1.165) is 34.9 Å². The number of anilines is 1. The van der Waals surface area contributed by atoms with Crippen LogP contribution < -0.4 is 27.1 Å². The number of hydrazine groups is 1. The van der Waals surface area contributed by atoms with E-state index in [1.807, 2.05) is 67.9 Å². The Morgan fingerprint density at radius 3 is 2.28 bits per heavy atom. The molecule has 4 atom stereocenters. The number of halogens is 7. The Morgan fingerprint density at radius 2 is 1.69 bits per heavy atom. The number of hydrogen-bond donors (Lipinski definition) is 4. The summed E-state index contributed by atoms with van der Waals surface area (Å²) in [5, 5.41) is 11.1. The van der Waals surface area contributed by atoms with Crippen LogP contribution in [0.5, 0.6) is 0 Å². The van der Waals surface area contributed by atoms with Crippen LogP contribution in [0, 0.1) is 23.5 Å². The summed E-state index contributed by atoms with van der Waals surface area (Å²) in [6, 6.07) is 6.37. The van der Waals surface area contributed by atoms with Crippen molar-refractivity contribution < 1.29 is 26.3 Å². The number of unbranched alkanes of at least 4 members (excludes halogenated alkanes) is 1. The minimum atomic E-state index is -3.02. The van der Waals surface area contributed by atoms with Crippen molar-refractivity contribution in [3.05, 3.63) is 105 Å². The lowest BCUT2D eigenvalue weighted by atomic mass is 9.83. The highest BCUT2D eigenvalue weighted by Gasteiger charge is 2.36. The van der Waals surface area contributed by atoms with Gasteiger partial charge in [0.05, 0.1) is 17.9 Å². The number of nitrogens with zero attached hydrogens (tertiary/aromatic N) is 2. The van der Waals surface area contributed by atoms with Crippen LogP contribution in [0.4, 0.5) is 32.0 Å². The molecule has 14 heteroatoms. The van der Waals surface area contributed by atoms with Crippen LogP contribution in [0.1, 0.15) is 102 Å². The van der Waals surface area contributed by atoms with Crippen LogP contribution in [-0.4, -0.2) is 54.5 Å². The van der Waals surface area contributed by atoms with E-state index in [9.17, 15) is 26.3 Å². The minimum absolute atomic E-state index is 0.0205. The Kier molecular flexibility index (Phi) is 17.0. The van der Waals surface area contributed by atoms with Crippen molar-refractivity contribution in [3.8, 4) is 0 Å². The lowest BCUT2D eigenvalue weighted by molar-refractivity contribution is 0.0977. The number of nitrogens with one attached hydrogen (secondary N) is 2. The molecule has 1 aliphatic carbocycles. The summed E-state index contributed by atoms with van der Waals surface area (Å²) in [5.74, 6) is -3.31. The van der Waals surface area contributed by atoms with Gasteiger partial charge in [-0.05, 0) is 85.9 Å². The van der Waals surface area contributed by atoms with Gasteiger partial charge in [-0.15, -0.1) is 0 Å². The first-order valence-electron chi connectivity index (χ1n) is 20.1. The van der Waals surface area contributed by atoms with E-state index in [1.54, 1.807) is 6.07 Å². The van der Waals surface area contributed by atoms with Gasteiger partial charge in [0.2, 0.25) is 6.43 Å². The Labute approximate surface area is 350 Å².